The Morgan fingerprint density at radius 3 is 2.56 bits per heavy atom. The summed E-state index contributed by atoms with van der Waals surface area (Å²) in [7, 11) is 0. The molecule has 0 aromatic carbocycles. The number of nitrogens with one attached hydrogen (secondary N) is 1. The molecule has 2 nitrogen and oxygen atoms in total. The Morgan fingerprint density at radius 1 is 1.22 bits per heavy atom. The van der Waals surface area contributed by atoms with Crippen molar-refractivity contribution in [2.75, 3.05) is 19.6 Å². The molecule has 1 saturated heterocycles. The summed E-state index contributed by atoms with van der Waals surface area (Å²) in [5.74, 6) is 1.81. The van der Waals surface area contributed by atoms with E-state index in [1.165, 1.54) is 58.2 Å². The van der Waals surface area contributed by atoms with Gasteiger partial charge in [-0.3, -0.25) is 4.90 Å². The zero-order valence-electron chi connectivity index (χ0n) is 12.6. The average Bonchev–Trinajstić information content (AvgIpc) is 2.90. The predicted octanol–water partition coefficient (Wildman–Crippen LogP) is 3.28. The molecular formula is C16H32N2. The van der Waals surface area contributed by atoms with Crippen LogP contribution in [0.15, 0.2) is 0 Å². The van der Waals surface area contributed by atoms with Crippen LogP contribution in [-0.2, 0) is 0 Å². The molecule has 2 fully saturated rings. The normalized spacial score (nSPS) is 32.8. The molecule has 1 aliphatic heterocycles. The molecule has 0 aromatic heterocycles. The molecule has 0 radical (unpaired) electrons. The molecule has 2 rings (SSSR count). The highest BCUT2D eigenvalue weighted by molar-refractivity contribution is 4.89. The van der Waals surface area contributed by atoms with Gasteiger partial charge in [-0.25, -0.2) is 0 Å². The van der Waals surface area contributed by atoms with Gasteiger partial charge in [-0.05, 0) is 31.1 Å². The molecule has 1 aliphatic carbocycles. The van der Waals surface area contributed by atoms with Gasteiger partial charge in [-0.1, -0.05) is 40.0 Å². The van der Waals surface area contributed by atoms with Crippen molar-refractivity contribution >= 4 is 0 Å². The second-order valence-electron chi connectivity index (χ2n) is 6.57. The third kappa shape index (κ3) is 3.48. The first-order valence-corrected chi connectivity index (χ1v) is 8.22. The lowest BCUT2D eigenvalue weighted by molar-refractivity contribution is 0.0902. The first kappa shape index (κ1) is 14.3. The smallest absolute Gasteiger partial charge is 0.0221 e. The van der Waals surface area contributed by atoms with E-state index in [2.05, 4.69) is 31.0 Å². The van der Waals surface area contributed by atoms with Crippen LogP contribution in [0.3, 0.4) is 0 Å². The molecule has 3 atom stereocenters. The van der Waals surface area contributed by atoms with Crippen molar-refractivity contribution in [1.29, 1.82) is 0 Å². The molecule has 3 unspecified atom stereocenters. The first-order chi connectivity index (χ1) is 8.74. The highest BCUT2D eigenvalue weighted by atomic mass is 15.2. The van der Waals surface area contributed by atoms with Crippen LogP contribution in [0.2, 0.25) is 0 Å². The molecule has 0 bridgehead atoms. The number of hydrogen-bond acceptors (Lipinski definition) is 2. The third-order valence-electron chi connectivity index (χ3n) is 5.33. The summed E-state index contributed by atoms with van der Waals surface area (Å²) >= 11 is 0. The van der Waals surface area contributed by atoms with Gasteiger partial charge in [0.25, 0.3) is 0 Å². The fourth-order valence-electron chi connectivity index (χ4n) is 3.70. The molecule has 0 amide bonds. The Kier molecular flexibility index (Phi) is 5.50. The van der Waals surface area contributed by atoms with Crippen LogP contribution in [0.1, 0.15) is 59.3 Å². The lowest BCUT2D eigenvalue weighted by Crippen LogP contribution is -2.58. The SMILES string of the molecule is CCC(C)C1CN(CC2CCCC2)C(CC)CN1. The van der Waals surface area contributed by atoms with Crippen molar-refractivity contribution in [3.8, 4) is 0 Å². The fraction of sp³-hybridized carbons (Fsp3) is 1.00. The maximum absolute atomic E-state index is 3.78. The first-order valence-electron chi connectivity index (χ1n) is 8.22. The Balaban J connectivity index is 1.89. The van der Waals surface area contributed by atoms with E-state index < -0.39 is 0 Å². The monoisotopic (exact) mass is 252 g/mol. The number of rotatable bonds is 5. The lowest BCUT2D eigenvalue weighted by atomic mass is 9.94. The van der Waals surface area contributed by atoms with Crippen LogP contribution in [0, 0.1) is 11.8 Å². The second-order valence-corrected chi connectivity index (χ2v) is 6.57. The number of hydrogen-bond donors (Lipinski definition) is 1. The summed E-state index contributed by atoms with van der Waals surface area (Å²) < 4.78 is 0. The minimum absolute atomic E-state index is 0.721. The topological polar surface area (TPSA) is 15.3 Å². The highest BCUT2D eigenvalue weighted by Crippen LogP contribution is 2.27. The number of nitrogens with zero attached hydrogens (tertiary/aromatic N) is 1. The Morgan fingerprint density at radius 2 is 1.94 bits per heavy atom. The molecule has 18 heavy (non-hydrogen) atoms. The van der Waals surface area contributed by atoms with Crippen molar-refractivity contribution < 1.29 is 0 Å². The van der Waals surface area contributed by atoms with E-state index in [1.807, 2.05) is 0 Å². The van der Waals surface area contributed by atoms with E-state index in [0.717, 1.165) is 23.9 Å². The van der Waals surface area contributed by atoms with Gasteiger partial charge in [0, 0.05) is 31.7 Å². The highest BCUT2D eigenvalue weighted by Gasteiger charge is 2.31. The average molecular weight is 252 g/mol. The summed E-state index contributed by atoms with van der Waals surface area (Å²) in [4.78, 5) is 2.81. The van der Waals surface area contributed by atoms with E-state index in [9.17, 15) is 0 Å². The van der Waals surface area contributed by atoms with Gasteiger partial charge in [-0.15, -0.1) is 0 Å². The summed E-state index contributed by atoms with van der Waals surface area (Å²) in [5, 5.41) is 3.78. The maximum Gasteiger partial charge on any atom is 0.0221 e. The van der Waals surface area contributed by atoms with E-state index in [0.29, 0.717) is 0 Å². The van der Waals surface area contributed by atoms with Crippen molar-refractivity contribution in [3.63, 3.8) is 0 Å². The molecule has 2 aliphatic rings. The molecule has 0 spiro atoms. The Hall–Kier alpha value is -0.0800. The van der Waals surface area contributed by atoms with Crippen LogP contribution in [0.25, 0.3) is 0 Å². The Labute approximate surface area is 114 Å². The standard InChI is InChI=1S/C16H32N2/c1-4-13(3)16-12-18(15(5-2)10-17-16)11-14-8-6-7-9-14/h13-17H,4-12H2,1-3H3. The van der Waals surface area contributed by atoms with Crippen LogP contribution < -0.4 is 5.32 Å². The summed E-state index contributed by atoms with van der Waals surface area (Å²) in [6, 6.07) is 1.50. The van der Waals surface area contributed by atoms with Gasteiger partial charge in [0.15, 0.2) is 0 Å². The van der Waals surface area contributed by atoms with Gasteiger partial charge in [0.05, 0.1) is 0 Å². The second kappa shape index (κ2) is 6.91. The van der Waals surface area contributed by atoms with Crippen molar-refractivity contribution in [3.05, 3.63) is 0 Å². The van der Waals surface area contributed by atoms with E-state index in [-0.39, 0.29) is 0 Å². The fourth-order valence-corrected chi connectivity index (χ4v) is 3.70. The van der Waals surface area contributed by atoms with E-state index in [4.69, 9.17) is 0 Å². The maximum atomic E-state index is 3.78. The molecule has 2 heteroatoms. The van der Waals surface area contributed by atoms with Gasteiger partial charge in [-0.2, -0.15) is 0 Å². The van der Waals surface area contributed by atoms with Crippen molar-refractivity contribution in [2.24, 2.45) is 11.8 Å². The third-order valence-corrected chi connectivity index (χ3v) is 5.33. The van der Waals surface area contributed by atoms with E-state index >= 15 is 0 Å². The minimum Gasteiger partial charge on any atom is -0.311 e. The molecular weight excluding hydrogens is 220 g/mol. The van der Waals surface area contributed by atoms with E-state index in [1.54, 1.807) is 0 Å². The van der Waals surface area contributed by atoms with Crippen LogP contribution in [0.5, 0.6) is 0 Å². The molecule has 106 valence electrons. The molecule has 1 saturated carbocycles. The van der Waals surface area contributed by atoms with Crippen molar-refractivity contribution in [1.82, 2.24) is 10.2 Å². The quantitative estimate of drug-likeness (QED) is 0.808. The molecule has 0 aromatic rings. The molecule has 1 N–H and O–H groups in total. The minimum atomic E-state index is 0.721. The summed E-state index contributed by atoms with van der Waals surface area (Å²) in [6.45, 7) is 10.9. The lowest BCUT2D eigenvalue weighted by Gasteiger charge is -2.43. The van der Waals surface area contributed by atoms with Crippen LogP contribution in [0.4, 0.5) is 0 Å². The summed E-state index contributed by atoms with van der Waals surface area (Å²) in [6.07, 6.45) is 8.51. The van der Waals surface area contributed by atoms with Gasteiger partial charge < -0.3 is 5.32 Å². The predicted molar refractivity (Wildman–Crippen MR) is 78.9 cm³/mol. The van der Waals surface area contributed by atoms with Crippen LogP contribution >= 0.6 is 0 Å². The Bertz CT molecular complexity index is 235. The molecule has 1 heterocycles. The summed E-state index contributed by atoms with van der Waals surface area (Å²) in [5.41, 5.74) is 0. The van der Waals surface area contributed by atoms with Gasteiger partial charge >= 0.3 is 0 Å². The zero-order valence-corrected chi connectivity index (χ0v) is 12.6. The number of piperazine rings is 1. The van der Waals surface area contributed by atoms with Crippen LogP contribution in [-0.4, -0.2) is 36.6 Å². The van der Waals surface area contributed by atoms with Gasteiger partial charge in [0.1, 0.15) is 0 Å². The van der Waals surface area contributed by atoms with Crippen molar-refractivity contribution in [2.45, 2.75) is 71.4 Å². The zero-order chi connectivity index (χ0) is 13.0. The van der Waals surface area contributed by atoms with Gasteiger partial charge in [0.2, 0.25) is 0 Å². The largest absolute Gasteiger partial charge is 0.311 e.